The van der Waals surface area contributed by atoms with Crippen molar-refractivity contribution in [1.29, 1.82) is 0 Å². The first-order chi connectivity index (χ1) is 23.3. The van der Waals surface area contributed by atoms with Crippen LogP contribution in [0.2, 0.25) is 39.3 Å². The van der Waals surface area contributed by atoms with Gasteiger partial charge in [-0.3, -0.25) is 0 Å². The quantitative estimate of drug-likeness (QED) is 0.120. The number of benzene rings is 4. The summed E-state index contributed by atoms with van der Waals surface area (Å²) in [5, 5.41) is 8.62. The average molecular weight is 847 g/mol. The van der Waals surface area contributed by atoms with E-state index in [-0.39, 0.29) is 24.8 Å². The summed E-state index contributed by atoms with van der Waals surface area (Å²) in [6.45, 7) is 36.3. The summed E-state index contributed by atoms with van der Waals surface area (Å²) in [4.78, 5) is 0. The summed E-state index contributed by atoms with van der Waals surface area (Å²) < 4.78 is 0. The summed E-state index contributed by atoms with van der Waals surface area (Å²) in [6, 6.07) is 36.9. The first-order valence-electron chi connectivity index (χ1n) is 17.5. The van der Waals surface area contributed by atoms with Crippen LogP contribution in [0, 0.1) is 34.6 Å². The summed E-state index contributed by atoms with van der Waals surface area (Å²) in [7, 11) is -2.44. The number of fused-ring (bicyclic) bond motifs is 2. The van der Waals surface area contributed by atoms with Gasteiger partial charge in [0, 0.05) is 0 Å². The first-order valence-corrected chi connectivity index (χ1v) is 28.7. The predicted octanol–water partition coefficient (Wildman–Crippen LogP) is 13.2. The van der Waals surface area contributed by atoms with Gasteiger partial charge in [-0.1, -0.05) is 149 Å². The number of halogens is 2. The molecule has 2 radical (unpaired) electrons. The Morgan fingerprint density at radius 1 is 0.549 bits per heavy atom. The summed E-state index contributed by atoms with van der Waals surface area (Å²) >= 11 is 1.36. The van der Waals surface area contributed by atoms with Gasteiger partial charge in [-0.2, -0.15) is 26.0 Å². The Kier molecular flexibility index (Phi) is 21.6. The van der Waals surface area contributed by atoms with Crippen LogP contribution in [0.4, 0.5) is 0 Å². The van der Waals surface area contributed by atoms with Crippen LogP contribution in [0.5, 0.6) is 0 Å². The maximum atomic E-state index is 3.25. The van der Waals surface area contributed by atoms with Gasteiger partial charge in [0.15, 0.2) is 0 Å². The summed E-state index contributed by atoms with van der Waals surface area (Å²) in [5.74, 6) is 0. The van der Waals surface area contributed by atoms with Crippen LogP contribution in [-0.4, -0.2) is 23.0 Å². The van der Waals surface area contributed by atoms with Crippen LogP contribution in [0.1, 0.15) is 43.0 Å². The van der Waals surface area contributed by atoms with E-state index in [4.69, 9.17) is 0 Å². The molecule has 274 valence electrons. The zero-order chi connectivity index (χ0) is 37.1. The molecule has 0 aromatic heterocycles. The molecular formula is C45H60Cl2Si3Zr-4. The van der Waals surface area contributed by atoms with Gasteiger partial charge >= 0.3 is 30.2 Å². The van der Waals surface area contributed by atoms with Crippen molar-refractivity contribution in [1.82, 2.24) is 0 Å². The van der Waals surface area contributed by atoms with E-state index >= 15 is 0 Å². The van der Waals surface area contributed by atoms with Gasteiger partial charge in [0.2, 0.25) is 0 Å². The molecule has 51 heavy (non-hydrogen) atoms. The third-order valence-electron chi connectivity index (χ3n) is 8.95. The van der Waals surface area contributed by atoms with Crippen molar-refractivity contribution in [3.63, 3.8) is 0 Å². The molecule has 0 atom stereocenters. The minimum atomic E-state index is -1.22. The molecule has 0 nitrogen and oxygen atoms in total. The molecule has 6 aromatic carbocycles. The van der Waals surface area contributed by atoms with E-state index in [0.29, 0.717) is 0 Å². The second kappa shape index (κ2) is 22.4. The molecule has 0 aliphatic heterocycles. The molecule has 6 aromatic rings. The molecule has 0 unspecified atom stereocenters. The summed E-state index contributed by atoms with van der Waals surface area (Å²) in [5.41, 5.74) is 10.9. The number of aryl methyl sites for hydroxylation is 4. The van der Waals surface area contributed by atoms with Crippen molar-refractivity contribution in [3.05, 3.63) is 133 Å². The van der Waals surface area contributed by atoms with Gasteiger partial charge in [0.1, 0.15) is 0 Å². The fourth-order valence-electron chi connectivity index (χ4n) is 6.10. The zero-order valence-corrected chi connectivity index (χ0v) is 40.3. The van der Waals surface area contributed by atoms with Crippen LogP contribution in [0.25, 0.3) is 43.8 Å². The SMILES string of the molecule is CCc1cc2c(-c3ccc([Si](C)(C)C)cc3)ccc(C)c2[cH-]1.Cc1cc2c(-c3ccc([Si](C)(C)C)cc3)ccc(C)c2[cH-]1.Cl.Cl.[CH2-]C.[CH2-]C.[Si]=[Zr]. The van der Waals surface area contributed by atoms with Crippen molar-refractivity contribution in [2.24, 2.45) is 0 Å². The Bertz CT molecular complexity index is 1900. The van der Waals surface area contributed by atoms with Gasteiger partial charge in [-0.15, -0.1) is 92.9 Å². The predicted molar refractivity (Wildman–Crippen MR) is 242 cm³/mol. The maximum absolute atomic E-state index is 3.25. The standard InChI is InChI=1S/C21H25Si.C20H23Si.2C2H5.2ClH.Si.Zr/c1-6-16-13-20-15(2)7-12-19(21(20)14-16)17-8-10-18(11-9-17)22(3,4)5;1-14-12-19-15(2)6-11-18(20(19)13-14)16-7-9-17(10-8-16)21(3,4)5;2*1-2;;;;/h7-14H,6H2,1-5H3;6-13H,1-5H3;2*1H2,2H3;2*1H;;/q4*-1;;;;. The van der Waals surface area contributed by atoms with Crippen LogP contribution >= 0.6 is 24.8 Å². The van der Waals surface area contributed by atoms with Crippen molar-refractivity contribution >= 4 is 79.8 Å². The van der Waals surface area contributed by atoms with E-state index in [1.54, 1.807) is 13.8 Å². The third-order valence-corrected chi connectivity index (χ3v) is 13.1. The van der Waals surface area contributed by atoms with E-state index < -0.39 is 16.1 Å². The third kappa shape index (κ3) is 12.7. The molecule has 0 saturated heterocycles. The molecule has 0 N–H and O–H groups in total. The van der Waals surface area contributed by atoms with Crippen molar-refractivity contribution in [3.8, 4) is 22.3 Å². The second-order valence-electron chi connectivity index (χ2n) is 14.4. The van der Waals surface area contributed by atoms with Crippen LogP contribution in [0.3, 0.4) is 0 Å². The first kappa shape index (κ1) is 49.2. The molecule has 0 spiro atoms. The zero-order valence-electron chi connectivity index (χ0n) is 33.2. The van der Waals surface area contributed by atoms with Gasteiger partial charge in [-0.25, -0.2) is 0 Å². The van der Waals surface area contributed by atoms with E-state index in [1.165, 1.54) is 99.8 Å². The normalized spacial score (nSPS) is 10.5. The van der Waals surface area contributed by atoms with E-state index in [1.807, 2.05) is 0 Å². The van der Waals surface area contributed by atoms with Crippen LogP contribution < -0.4 is 10.4 Å². The molecule has 0 aliphatic carbocycles. The molecule has 0 aliphatic rings. The average Bonchev–Trinajstić information content (AvgIpc) is 3.73. The van der Waals surface area contributed by atoms with Crippen molar-refractivity contribution in [2.45, 2.75) is 87.2 Å². The Hall–Kier alpha value is -1.79. The van der Waals surface area contributed by atoms with Gasteiger partial charge in [-0.05, 0) is 17.5 Å². The molecule has 0 bridgehead atoms. The monoisotopic (exact) mass is 844 g/mol. The Morgan fingerprint density at radius 3 is 1.25 bits per heavy atom. The van der Waals surface area contributed by atoms with Crippen molar-refractivity contribution in [2.75, 3.05) is 0 Å². The molecule has 6 rings (SSSR count). The van der Waals surface area contributed by atoms with E-state index in [0.717, 1.165) is 6.42 Å². The Morgan fingerprint density at radius 2 is 0.902 bits per heavy atom. The fraction of sp³-hybridized carbons (Fsp3) is 0.289. The second-order valence-corrected chi connectivity index (χ2v) is 24.6. The van der Waals surface area contributed by atoms with E-state index in [9.17, 15) is 0 Å². The van der Waals surface area contributed by atoms with Crippen molar-refractivity contribution < 1.29 is 23.3 Å². The topological polar surface area (TPSA) is 0 Å². The molecular weight excluding hydrogens is 787 g/mol. The Labute approximate surface area is 343 Å². The van der Waals surface area contributed by atoms with Gasteiger partial charge in [0.05, 0.1) is 16.1 Å². The van der Waals surface area contributed by atoms with Gasteiger partial charge < -0.3 is 13.8 Å². The van der Waals surface area contributed by atoms with Gasteiger partial charge in [0.25, 0.3) is 0 Å². The minimum absolute atomic E-state index is 0. The molecule has 0 saturated carbocycles. The fourth-order valence-corrected chi connectivity index (χ4v) is 8.43. The molecule has 0 heterocycles. The number of rotatable bonds is 5. The number of hydrogen-bond acceptors (Lipinski definition) is 0. The molecule has 0 fully saturated rings. The van der Waals surface area contributed by atoms with E-state index in [2.05, 4.69) is 185 Å². The molecule has 0 amide bonds. The number of hydrogen-bond donors (Lipinski definition) is 0. The summed E-state index contributed by atoms with van der Waals surface area (Å²) in [6.07, 6.45) is 1.10. The van der Waals surface area contributed by atoms with Crippen LogP contribution in [0.15, 0.2) is 97.1 Å². The molecule has 6 heteroatoms. The Balaban J connectivity index is 0.000000828. The van der Waals surface area contributed by atoms with Crippen LogP contribution in [-0.2, 0) is 29.8 Å².